The zero-order valence-corrected chi connectivity index (χ0v) is 15.3. The maximum atomic E-state index is 12.7. The molecule has 3 fully saturated rings. The Hall–Kier alpha value is -1.10. The van der Waals surface area contributed by atoms with Crippen LogP contribution in [-0.2, 0) is 14.3 Å². The molecule has 0 aromatic rings. The van der Waals surface area contributed by atoms with Gasteiger partial charge in [-0.05, 0) is 51.9 Å². The molecule has 0 bridgehead atoms. The van der Waals surface area contributed by atoms with Crippen molar-refractivity contribution in [3.8, 4) is 0 Å². The van der Waals surface area contributed by atoms with E-state index in [2.05, 4.69) is 12.2 Å². The predicted molar refractivity (Wildman–Crippen MR) is 92.4 cm³/mol. The molecule has 1 saturated carbocycles. The first kappa shape index (κ1) is 17.7. The van der Waals surface area contributed by atoms with Gasteiger partial charge < -0.3 is 15.0 Å². The Morgan fingerprint density at radius 2 is 1.88 bits per heavy atom. The number of rotatable bonds is 4. The van der Waals surface area contributed by atoms with Crippen molar-refractivity contribution >= 4 is 11.8 Å². The zero-order chi connectivity index (χ0) is 17.3. The Kier molecular flexibility index (Phi) is 5.48. The summed E-state index contributed by atoms with van der Waals surface area (Å²) in [5.74, 6) is 1.82. The number of hydrogen-bond acceptors (Lipinski definition) is 3. The largest absolute Gasteiger partial charge is 0.372 e. The van der Waals surface area contributed by atoms with E-state index in [-0.39, 0.29) is 30.1 Å². The lowest BCUT2D eigenvalue weighted by Gasteiger charge is -2.29. The van der Waals surface area contributed by atoms with E-state index < -0.39 is 0 Å². The molecule has 3 aliphatic rings. The Balaban J connectivity index is 1.45. The normalized spacial score (nSPS) is 36.0. The van der Waals surface area contributed by atoms with Crippen molar-refractivity contribution in [2.75, 3.05) is 13.1 Å². The van der Waals surface area contributed by atoms with Crippen LogP contribution in [0.4, 0.5) is 0 Å². The lowest BCUT2D eigenvalue weighted by molar-refractivity contribution is -0.137. The van der Waals surface area contributed by atoms with Gasteiger partial charge in [0.05, 0.1) is 18.6 Å². The first-order valence-corrected chi connectivity index (χ1v) is 9.66. The van der Waals surface area contributed by atoms with Gasteiger partial charge in [0.1, 0.15) is 0 Å². The van der Waals surface area contributed by atoms with Crippen molar-refractivity contribution in [1.29, 1.82) is 0 Å². The van der Waals surface area contributed by atoms with Crippen LogP contribution < -0.4 is 5.32 Å². The average molecular weight is 336 g/mol. The third-order valence-electron chi connectivity index (χ3n) is 5.85. The molecule has 2 saturated heterocycles. The van der Waals surface area contributed by atoms with Gasteiger partial charge in [-0.2, -0.15) is 0 Å². The predicted octanol–water partition coefficient (Wildman–Crippen LogP) is 2.34. The number of carbonyl (C=O) groups is 2. The van der Waals surface area contributed by atoms with Gasteiger partial charge in [0.15, 0.2) is 0 Å². The molecule has 1 N–H and O–H groups in total. The van der Waals surface area contributed by atoms with E-state index in [1.807, 2.05) is 18.7 Å². The van der Waals surface area contributed by atoms with Gasteiger partial charge in [-0.15, -0.1) is 0 Å². The first-order chi connectivity index (χ1) is 11.4. The molecule has 136 valence electrons. The molecule has 5 heteroatoms. The van der Waals surface area contributed by atoms with Crippen molar-refractivity contribution in [2.45, 2.75) is 77.5 Å². The molecule has 2 amide bonds. The van der Waals surface area contributed by atoms with Crippen molar-refractivity contribution in [1.82, 2.24) is 10.2 Å². The standard InChI is InChI=1S/C19H32N2O3/c1-12(2)20-18(22)9-16-8-15-10-21(11-17(15)24-16)19(23)14-6-4-13(3)5-7-14/h12-17H,4-11H2,1-3H3,(H,20,22)/t13?,14?,15-,16+,17+/m0/s1. The molecule has 2 heterocycles. The topological polar surface area (TPSA) is 58.6 Å². The fraction of sp³-hybridized carbons (Fsp3) is 0.895. The summed E-state index contributed by atoms with van der Waals surface area (Å²) in [7, 11) is 0. The Labute approximate surface area is 145 Å². The molecular weight excluding hydrogens is 304 g/mol. The number of likely N-dealkylation sites (tertiary alicyclic amines) is 1. The second-order valence-corrected chi connectivity index (χ2v) is 8.42. The summed E-state index contributed by atoms with van der Waals surface area (Å²) in [4.78, 5) is 26.6. The first-order valence-electron chi connectivity index (χ1n) is 9.66. The Morgan fingerprint density at radius 1 is 1.17 bits per heavy atom. The zero-order valence-electron chi connectivity index (χ0n) is 15.3. The molecule has 0 spiro atoms. The van der Waals surface area contributed by atoms with E-state index in [9.17, 15) is 9.59 Å². The lowest BCUT2D eigenvalue weighted by Crippen LogP contribution is -2.38. The third-order valence-corrected chi connectivity index (χ3v) is 5.85. The van der Waals surface area contributed by atoms with Crippen LogP contribution in [0, 0.1) is 17.8 Å². The highest BCUT2D eigenvalue weighted by atomic mass is 16.5. The summed E-state index contributed by atoms with van der Waals surface area (Å²) in [6.07, 6.45) is 5.96. The minimum Gasteiger partial charge on any atom is -0.372 e. The number of nitrogens with zero attached hydrogens (tertiary/aromatic N) is 1. The second kappa shape index (κ2) is 7.42. The molecule has 0 unspecified atom stereocenters. The summed E-state index contributed by atoms with van der Waals surface area (Å²) in [5.41, 5.74) is 0. The third kappa shape index (κ3) is 4.11. The maximum absolute atomic E-state index is 12.7. The average Bonchev–Trinajstić information content (AvgIpc) is 3.04. The Morgan fingerprint density at radius 3 is 2.50 bits per heavy atom. The van der Waals surface area contributed by atoms with E-state index in [0.717, 1.165) is 38.3 Å². The molecule has 0 aromatic heterocycles. The molecule has 3 rings (SSSR count). The van der Waals surface area contributed by atoms with Gasteiger partial charge in [0, 0.05) is 31.0 Å². The van der Waals surface area contributed by atoms with E-state index in [1.54, 1.807) is 0 Å². The van der Waals surface area contributed by atoms with Gasteiger partial charge in [-0.3, -0.25) is 9.59 Å². The summed E-state index contributed by atoms with van der Waals surface area (Å²) in [6.45, 7) is 7.76. The van der Waals surface area contributed by atoms with Crippen LogP contribution in [-0.4, -0.2) is 48.1 Å². The SMILES string of the molecule is CC1CCC(C(=O)N2C[C@@H]3C[C@H](CC(=O)NC(C)C)O[C@@H]3C2)CC1. The number of amides is 2. The molecule has 3 atom stereocenters. The number of ether oxygens (including phenoxy) is 1. The molecule has 1 aliphatic carbocycles. The Bertz CT molecular complexity index is 457. The summed E-state index contributed by atoms with van der Waals surface area (Å²) < 4.78 is 6.07. The number of fused-ring (bicyclic) bond motifs is 1. The lowest BCUT2D eigenvalue weighted by atomic mass is 9.82. The van der Waals surface area contributed by atoms with Crippen LogP contribution in [0.2, 0.25) is 0 Å². The summed E-state index contributed by atoms with van der Waals surface area (Å²) >= 11 is 0. The minimum absolute atomic E-state index is 0.0199. The van der Waals surface area contributed by atoms with Gasteiger partial charge >= 0.3 is 0 Å². The van der Waals surface area contributed by atoms with Crippen molar-refractivity contribution in [3.63, 3.8) is 0 Å². The van der Waals surface area contributed by atoms with Gasteiger partial charge in [0.2, 0.25) is 11.8 Å². The number of nitrogens with one attached hydrogen (secondary N) is 1. The molecular formula is C19H32N2O3. The van der Waals surface area contributed by atoms with Crippen LogP contribution in [0.5, 0.6) is 0 Å². The summed E-state index contributed by atoms with van der Waals surface area (Å²) in [5, 5.41) is 2.93. The van der Waals surface area contributed by atoms with Crippen LogP contribution >= 0.6 is 0 Å². The summed E-state index contributed by atoms with van der Waals surface area (Å²) in [6, 6.07) is 0.171. The molecule has 0 aromatic carbocycles. The van der Waals surface area contributed by atoms with E-state index in [0.29, 0.717) is 18.2 Å². The monoisotopic (exact) mass is 336 g/mol. The van der Waals surface area contributed by atoms with E-state index in [4.69, 9.17) is 4.74 Å². The molecule has 5 nitrogen and oxygen atoms in total. The van der Waals surface area contributed by atoms with E-state index >= 15 is 0 Å². The van der Waals surface area contributed by atoms with Crippen molar-refractivity contribution in [3.05, 3.63) is 0 Å². The second-order valence-electron chi connectivity index (χ2n) is 8.42. The van der Waals surface area contributed by atoms with Crippen molar-refractivity contribution in [2.24, 2.45) is 17.8 Å². The van der Waals surface area contributed by atoms with Gasteiger partial charge in [-0.25, -0.2) is 0 Å². The van der Waals surface area contributed by atoms with E-state index in [1.165, 1.54) is 12.8 Å². The fourth-order valence-electron chi connectivity index (χ4n) is 4.53. The maximum Gasteiger partial charge on any atom is 0.225 e. The smallest absolute Gasteiger partial charge is 0.225 e. The highest BCUT2D eigenvalue weighted by Gasteiger charge is 2.44. The van der Waals surface area contributed by atoms with Crippen LogP contribution in [0.1, 0.15) is 59.3 Å². The highest BCUT2D eigenvalue weighted by molar-refractivity contribution is 5.79. The highest BCUT2D eigenvalue weighted by Crippen LogP contribution is 2.36. The van der Waals surface area contributed by atoms with Crippen LogP contribution in [0.15, 0.2) is 0 Å². The van der Waals surface area contributed by atoms with Gasteiger partial charge in [-0.1, -0.05) is 6.92 Å². The molecule has 0 radical (unpaired) electrons. The minimum atomic E-state index is 0.0199. The quantitative estimate of drug-likeness (QED) is 0.857. The van der Waals surface area contributed by atoms with Crippen LogP contribution in [0.3, 0.4) is 0 Å². The number of hydrogen-bond donors (Lipinski definition) is 1. The fourth-order valence-corrected chi connectivity index (χ4v) is 4.53. The number of carbonyl (C=O) groups excluding carboxylic acids is 2. The molecule has 2 aliphatic heterocycles. The van der Waals surface area contributed by atoms with Crippen LogP contribution in [0.25, 0.3) is 0 Å². The molecule has 24 heavy (non-hydrogen) atoms. The van der Waals surface area contributed by atoms with Crippen molar-refractivity contribution < 1.29 is 14.3 Å². The van der Waals surface area contributed by atoms with Gasteiger partial charge in [0.25, 0.3) is 0 Å².